The van der Waals surface area contributed by atoms with E-state index in [1.807, 2.05) is 0 Å². The molecule has 0 radical (unpaired) electrons. The maximum atomic E-state index is 12.2. The minimum atomic E-state index is -4.20. The molecule has 0 aliphatic heterocycles. The number of hydrogen-bond donors (Lipinski definition) is 3. The van der Waals surface area contributed by atoms with Crippen LogP contribution in [0.25, 0.3) is 0 Å². The summed E-state index contributed by atoms with van der Waals surface area (Å²) in [5.74, 6) is -2.24. The summed E-state index contributed by atoms with van der Waals surface area (Å²) in [6.07, 6.45) is 0. The van der Waals surface area contributed by atoms with E-state index in [1.165, 1.54) is 48.5 Å². The number of hydrogen-bond acceptors (Lipinski definition) is 4. The zero-order chi connectivity index (χ0) is 16.3. The average Bonchev–Trinajstić information content (AvgIpc) is 2.47. The van der Waals surface area contributed by atoms with Crippen LogP contribution in [0.15, 0.2) is 48.5 Å². The van der Waals surface area contributed by atoms with E-state index in [-0.39, 0.29) is 22.2 Å². The maximum Gasteiger partial charge on any atom is 0.408 e. The molecule has 0 heterocycles. The third kappa shape index (κ3) is 3.52. The fourth-order valence-electron chi connectivity index (χ4n) is 1.65. The summed E-state index contributed by atoms with van der Waals surface area (Å²) in [4.78, 5) is 31.4. The highest BCUT2D eigenvalue weighted by molar-refractivity contribution is 7.61. The van der Waals surface area contributed by atoms with Gasteiger partial charge in [-0.15, -0.1) is 0 Å². The van der Waals surface area contributed by atoms with Gasteiger partial charge in [0.25, 0.3) is 0 Å². The zero-order valence-corrected chi connectivity index (χ0v) is 11.9. The van der Waals surface area contributed by atoms with Crippen molar-refractivity contribution in [1.29, 1.82) is 0 Å². The number of aromatic carboxylic acids is 2. The van der Waals surface area contributed by atoms with Crippen LogP contribution >= 0.6 is 7.60 Å². The number of carboxylic acid groups (broad SMARTS) is 2. The summed E-state index contributed by atoms with van der Waals surface area (Å²) in [6, 6.07) is 9.77. The van der Waals surface area contributed by atoms with Gasteiger partial charge < -0.3 is 19.6 Å². The van der Waals surface area contributed by atoms with Crippen molar-refractivity contribution in [2.24, 2.45) is 0 Å². The lowest BCUT2D eigenvalue weighted by molar-refractivity contribution is 0.0686. The summed E-state index contributed by atoms with van der Waals surface area (Å²) in [5, 5.41) is 17.5. The molecule has 0 saturated carbocycles. The molecule has 0 amide bonds. The van der Waals surface area contributed by atoms with E-state index < -0.39 is 19.5 Å². The van der Waals surface area contributed by atoms with Gasteiger partial charge in [0.15, 0.2) is 0 Å². The molecule has 0 aliphatic carbocycles. The third-order valence-corrected chi connectivity index (χ3v) is 4.18. The minimum absolute atomic E-state index is 0.0189. The lowest BCUT2D eigenvalue weighted by atomic mass is 10.2. The second-order valence-electron chi connectivity index (χ2n) is 4.29. The topological polar surface area (TPSA) is 121 Å². The molecular formula is C14H11O7P. The lowest BCUT2D eigenvalue weighted by Crippen LogP contribution is -2.10. The van der Waals surface area contributed by atoms with E-state index in [0.717, 1.165) is 0 Å². The van der Waals surface area contributed by atoms with Gasteiger partial charge in [0.2, 0.25) is 0 Å². The second kappa shape index (κ2) is 6.01. The minimum Gasteiger partial charge on any atom is -0.478 e. The van der Waals surface area contributed by atoms with Crippen LogP contribution in [0, 0.1) is 0 Å². The Morgan fingerprint density at radius 1 is 0.818 bits per heavy atom. The van der Waals surface area contributed by atoms with Crippen LogP contribution in [0.5, 0.6) is 5.75 Å². The Bertz CT molecular complexity index is 750. The first kappa shape index (κ1) is 15.8. The van der Waals surface area contributed by atoms with Gasteiger partial charge in [0.05, 0.1) is 16.4 Å². The van der Waals surface area contributed by atoms with E-state index in [0.29, 0.717) is 0 Å². The molecule has 0 spiro atoms. The van der Waals surface area contributed by atoms with Crippen molar-refractivity contribution in [3.63, 3.8) is 0 Å². The van der Waals surface area contributed by atoms with Gasteiger partial charge in [-0.05, 0) is 48.5 Å². The van der Waals surface area contributed by atoms with Crippen LogP contribution in [0.1, 0.15) is 20.7 Å². The second-order valence-corrected chi connectivity index (χ2v) is 6.03. The van der Waals surface area contributed by atoms with Crippen molar-refractivity contribution in [1.82, 2.24) is 0 Å². The summed E-state index contributed by atoms with van der Waals surface area (Å²) in [7, 11) is -4.20. The van der Waals surface area contributed by atoms with Crippen molar-refractivity contribution in [2.45, 2.75) is 0 Å². The van der Waals surface area contributed by atoms with E-state index >= 15 is 0 Å². The molecule has 7 nitrogen and oxygen atoms in total. The van der Waals surface area contributed by atoms with Gasteiger partial charge in [0, 0.05) is 0 Å². The number of benzene rings is 2. The van der Waals surface area contributed by atoms with E-state index in [9.17, 15) is 19.0 Å². The van der Waals surface area contributed by atoms with Crippen LogP contribution in [-0.2, 0) is 4.57 Å². The first-order valence-corrected chi connectivity index (χ1v) is 7.57. The smallest absolute Gasteiger partial charge is 0.408 e. The van der Waals surface area contributed by atoms with Crippen molar-refractivity contribution in [2.75, 3.05) is 0 Å². The van der Waals surface area contributed by atoms with Gasteiger partial charge in [0.1, 0.15) is 5.75 Å². The largest absolute Gasteiger partial charge is 0.478 e. The van der Waals surface area contributed by atoms with Gasteiger partial charge in [-0.2, -0.15) is 0 Å². The fraction of sp³-hybridized carbons (Fsp3) is 0. The Kier molecular flexibility index (Phi) is 4.30. The van der Waals surface area contributed by atoms with Gasteiger partial charge >= 0.3 is 19.5 Å². The molecule has 0 bridgehead atoms. The first-order valence-electron chi connectivity index (χ1n) is 5.99. The van der Waals surface area contributed by atoms with Crippen LogP contribution in [-0.4, -0.2) is 27.0 Å². The van der Waals surface area contributed by atoms with E-state index in [4.69, 9.17) is 14.7 Å². The highest BCUT2D eigenvalue weighted by Gasteiger charge is 2.24. The molecule has 0 fully saturated rings. The van der Waals surface area contributed by atoms with Gasteiger partial charge in [-0.1, -0.05) is 0 Å². The first-order chi connectivity index (χ1) is 10.3. The SMILES string of the molecule is O=C(O)c1ccc(OP(=O)(O)c2ccc(C(=O)O)cc2)cc1. The van der Waals surface area contributed by atoms with Crippen LogP contribution in [0.2, 0.25) is 0 Å². The van der Waals surface area contributed by atoms with Crippen molar-refractivity contribution in [3.05, 3.63) is 59.7 Å². The van der Waals surface area contributed by atoms with E-state index in [2.05, 4.69) is 0 Å². The number of carboxylic acids is 2. The molecule has 2 aromatic rings. The number of rotatable bonds is 5. The molecular weight excluding hydrogens is 311 g/mol. The Balaban J connectivity index is 2.21. The molecule has 2 aromatic carbocycles. The molecule has 114 valence electrons. The van der Waals surface area contributed by atoms with Crippen molar-refractivity contribution < 1.29 is 33.8 Å². The molecule has 8 heteroatoms. The Labute approximate surface area is 125 Å². The van der Waals surface area contributed by atoms with Crippen molar-refractivity contribution in [3.8, 4) is 5.75 Å². The normalized spacial score (nSPS) is 13.1. The lowest BCUT2D eigenvalue weighted by Gasteiger charge is -2.13. The predicted molar refractivity (Wildman–Crippen MR) is 76.9 cm³/mol. The Morgan fingerprint density at radius 3 is 1.64 bits per heavy atom. The molecule has 0 aliphatic rings. The maximum absolute atomic E-state index is 12.2. The number of carbonyl (C=O) groups is 2. The van der Waals surface area contributed by atoms with Gasteiger partial charge in [-0.25, -0.2) is 14.2 Å². The molecule has 0 saturated heterocycles. The average molecular weight is 322 g/mol. The standard InChI is InChI=1S/C14H11O7P/c15-13(16)9-1-5-11(6-2-9)21-22(19,20)12-7-3-10(4-8-12)14(17)18/h1-8H,(H,15,16)(H,17,18)(H,19,20). The fourth-order valence-corrected chi connectivity index (χ4v) is 2.69. The molecule has 2 rings (SSSR count). The summed E-state index contributed by atoms with van der Waals surface area (Å²) >= 11 is 0. The van der Waals surface area contributed by atoms with Crippen LogP contribution in [0.4, 0.5) is 0 Å². The monoisotopic (exact) mass is 322 g/mol. The Morgan fingerprint density at radius 2 is 1.23 bits per heavy atom. The summed E-state index contributed by atoms with van der Waals surface area (Å²) in [5.41, 5.74) is 0.000458. The summed E-state index contributed by atoms with van der Waals surface area (Å²) < 4.78 is 17.1. The quantitative estimate of drug-likeness (QED) is 0.719. The Hall–Kier alpha value is -2.63. The molecule has 1 atom stereocenters. The van der Waals surface area contributed by atoms with E-state index in [1.54, 1.807) is 0 Å². The van der Waals surface area contributed by atoms with Crippen molar-refractivity contribution >= 4 is 24.8 Å². The highest BCUT2D eigenvalue weighted by atomic mass is 31.2. The predicted octanol–water partition coefficient (Wildman–Crippen LogP) is 1.97. The summed E-state index contributed by atoms with van der Waals surface area (Å²) in [6.45, 7) is 0. The zero-order valence-electron chi connectivity index (χ0n) is 11.0. The molecule has 1 unspecified atom stereocenters. The molecule has 0 aromatic heterocycles. The van der Waals surface area contributed by atoms with Crippen LogP contribution in [0.3, 0.4) is 0 Å². The highest BCUT2D eigenvalue weighted by Crippen LogP contribution is 2.41. The third-order valence-electron chi connectivity index (χ3n) is 2.77. The molecule has 3 N–H and O–H groups in total. The molecule has 22 heavy (non-hydrogen) atoms. The van der Waals surface area contributed by atoms with Gasteiger partial charge in [-0.3, -0.25) is 0 Å². The van der Waals surface area contributed by atoms with Crippen LogP contribution < -0.4 is 9.83 Å².